The van der Waals surface area contributed by atoms with Crippen molar-refractivity contribution < 1.29 is 9.53 Å². The normalized spacial score (nSPS) is 26.9. The number of hydrogen-bond acceptors (Lipinski definition) is 3. The van der Waals surface area contributed by atoms with Crippen LogP contribution in [0.25, 0.3) is 0 Å². The molecule has 0 unspecified atom stereocenters. The van der Waals surface area contributed by atoms with Crippen LogP contribution in [-0.4, -0.2) is 59.0 Å². The molecule has 1 amide bonds. The van der Waals surface area contributed by atoms with Gasteiger partial charge in [-0.2, -0.15) is 0 Å². The standard InChI is InChI=1S/C9H15Cl3N2O2/c1-6-7(15)14(5-4-13(2)3)8(16-6)9(10,11)12/h6,8H,4-5H2,1-3H3/t6-,8-/m1/s1. The van der Waals surface area contributed by atoms with Gasteiger partial charge in [-0.3, -0.25) is 4.79 Å². The molecule has 0 radical (unpaired) electrons. The summed E-state index contributed by atoms with van der Waals surface area (Å²) >= 11 is 17.3. The lowest BCUT2D eigenvalue weighted by atomic mass is 10.3. The number of hydrogen-bond donors (Lipinski definition) is 0. The third-order valence-corrected chi connectivity index (χ3v) is 2.88. The van der Waals surface area contributed by atoms with Crippen molar-refractivity contribution in [2.75, 3.05) is 27.2 Å². The van der Waals surface area contributed by atoms with Crippen LogP contribution in [0.3, 0.4) is 0 Å². The highest BCUT2D eigenvalue weighted by molar-refractivity contribution is 6.68. The molecular formula is C9H15Cl3N2O2. The molecule has 1 aliphatic heterocycles. The summed E-state index contributed by atoms with van der Waals surface area (Å²) in [7, 11) is 3.82. The van der Waals surface area contributed by atoms with E-state index in [4.69, 9.17) is 39.5 Å². The summed E-state index contributed by atoms with van der Waals surface area (Å²) in [5.41, 5.74) is 0. The summed E-state index contributed by atoms with van der Waals surface area (Å²) in [6, 6.07) is 0. The van der Waals surface area contributed by atoms with Crippen molar-refractivity contribution in [1.29, 1.82) is 0 Å². The van der Waals surface area contributed by atoms with Gasteiger partial charge in [0.25, 0.3) is 5.91 Å². The molecule has 0 N–H and O–H groups in total. The van der Waals surface area contributed by atoms with E-state index in [0.29, 0.717) is 13.1 Å². The lowest BCUT2D eigenvalue weighted by Crippen LogP contribution is -2.45. The average Bonchev–Trinajstić information content (AvgIpc) is 2.40. The molecule has 0 bridgehead atoms. The summed E-state index contributed by atoms with van der Waals surface area (Å²) in [5.74, 6) is -0.141. The van der Waals surface area contributed by atoms with Crippen LogP contribution in [0.5, 0.6) is 0 Å². The zero-order valence-corrected chi connectivity index (χ0v) is 11.7. The molecule has 0 aromatic heterocycles. The Bertz CT molecular complexity index is 268. The fourth-order valence-corrected chi connectivity index (χ4v) is 1.97. The van der Waals surface area contributed by atoms with Gasteiger partial charge in [-0.25, -0.2) is 0 Å². The molecule has 7 heteroatoms. The molecule has 0 aliphatic carbocycles. The Hall–Kier alpha value is 0.260. The minimum Gasteiger partial charge on any atom is -0.341 e. The Labute approximate surface area is 110 Å². The Morgan fingerprint density at radius 2 is 2.00 bits per heavy atom. The van der Waals surface area contributed by atoms with Gasteiger partial charge in [0.05, 0.1) is 0 Å². The van der Waals surface area contributed by atoms with E-state index in [2.05, 4.69) is 0 Å². The third kappa shape index (κ3) is 3.37. The van der Waals surface area contributed by atoms with Gasteiger partial charge in [-0.1, -0.05) is 34.8 Å². The van der Waals surface area contributed by atoms with Crippen LogP contribution in [0.1, 0.15) is 6.92 Å². The van der Waals surface area contributed by atoms with Gasteiger partial charge in [0, 0.05) is 13.1 Å². The van der Waals surface area contributed by atoms with E-state index in [-0.39, 0.29) is 5.91 Å². The monoisotopic (exact) mass is 288 g/mol. The zero-order valence-electron chi connectivity index (χ0n) is 9.41. The number of ether oxygens (including phenoxy) is 1. The maximum Gasteiger partial charge on any atom is 0.253 e. The minimum atomic E-state index is -1.62. The van der Waals surface area contributed by atoms with E-state index >= 15 is 0 Å². The molecule has 1 heterocycles. The summed E-state index contributed by atoms with van der Waals surface area (Å²) in [6.07, 6.45) is -1.36. The first-order chi connectivity index (χ1) is 7.23. The first kappa shape index (κ1) is 14.3. The van der Waals surface area contributed by atoms with Gasteiger partial charge in [-0.15, -0.1) is 0 Å². The number of halogens is 3. The molecule has 1 rings (SSSR count). The Kier molecular flexibility index (Phi) is 4.72. The molecule has 1 saturated heterocycles. The smallest absolute Gasteiger partial charge is 0.253 e. The molecule has 0 saturated carbocycles. The summed E-state index contributed by atoms with van der Waals surface area (Å²) in [5, 5.41) is 0. The van der Waals surface area contributed by atoms with Crippen molar-refractivity contribution in [3.05, 3.63) is 0 Å². The maximum absolute atomic E-state index is 11.8. The molecule has 1 fully saturated rings. The quantitative estimate of drug-likeness (QED) is 0.738. The summed E-state index contributed by atoms with van der Waals surface area (Å²) in [4.78, 5) is 15.2. The van der Waals surface area contributed by atoms with Crippen molar-refractivity contribution in [3.63, 3.8) is 0 Å². The number of likely N-dealkylation sites (N-methyl/N-ethyl adjacent to an activating group) is 1. The Morgan fingerprint density at radius 3 is 2.44 bits per heavy atom. The van der Waals surface area contributed by atoms with E-state index in [1.807, 2.05) is 19.0 Å². The number of amides is 1. The van der Waals surface area contributed by atoms with Crippen LogP contribution in [0.15, 0.2) is 0 Å². The molecular weight excluding hydrogens is 274 g/mol. The van der Waals surface area contributed by atoms with Crippen LogP contribution in [0.4, 0.5) is 0 Å². The highest BCUT2D eigenvalue weighted by atomic mass is 35.6. The maximum atomic E-state index is 11.8. The molecule has 1 aliphatic rings. The fraction of sp³-hybridized carbons (Fsp3) is 0.889. The minimum absolute atomic E-state index is 0.141. The summed E-state index contributed by atoms with van der Waals surface area (Å²) < 4.78 is 3.73. The van der Waals surface area contributed by atoms with Crippen molar-refractivity contribution in [2.45, 2.75) is 23.0 Å². The lowest BCUT2D eigenvalue weighted by Gasteiger charge is -2.29. The largest absolute Gasteiger partial charge is 0.341 e. The van der Waals surface area contributed by atoms with Crippen molar-refractivity contribution in [1.82, 2.24) is 9.80 Å². The molecule has 0 spiro atoms. The number of carbonyl (C=O) groups excluding carboxylic acids is 1. The molecule has 0 aromatic rings. The zero-order chi connectivity index (χ0) is 12.5. The van der Waals surface area contributed by atoms with Crippen LogP contribution in [-0.2, 0) is 9.53 Å². The Balaban J connectivity index is 2.72. The van der Waals surface area contributed by atoms with Crippen LogP contribution >= 0.6 is 34.8 Å². The van der Waals surface area contributed by atoms with Gasteiger partial charge in [0.2, 0.25) is 3.79 Å². The van der Waals surface area contributed by atoms with E-state index in [0.717, 1.165) is 0 Å². The third-order valence-electron chi connectivity index (χ3n) is 2.32. The van der Waals surface area contributed by atoms with E-state index < -0.39 is 16.1 Å². The fourth-order valence-electron chi connectivity index (χ4n) is 1.46. The Morgan fingerprint density at radius 1 is 1.44 bits per heavy atom. The lowest BCUT2D eigenvalue weighted by molar-refractivity contribution is -0.130. The second-order valence-corrected chi connectivity index (χ2v) is 6.38. The van der Waals surface area contributed by atoms with Gasteiger partial charge < -0.3 is 14.5 Å². The first-order valence-corrected chi connectivity index (χ1v) is 6.04. The predicted molar refractivity (Wildman–Crippen MR) is 64.9 cm³/mol. The van der Waals surface area contributed by atoms with Gasteiger partial charge in [0.15, 0.2) is 6.23 Å². The second-order valence-electron chi connectivity index (χ2n) is 4.01. The second kappa shape index (κ2) is 5.27. The predicted octanol–water partition coefficient (Wildman–Crippen LogP) is 1.49. The van der Waals surface area contributed by atoms with Gasteiger partial charge in [0.1, 0.15) is 6.10 Å². The SMILES string of the molecule is C[C@H]1O[C@H](C(Cl)(Cl)Cl)N(CCN(C)C)C1=O. The van der Waals surface area contributed by atoms with Crippen molar-refractivity contribution in [2.24, 2.45) is 0 Å². The molecule has 4 nitrogen and oxygen atoms in total. The number of carbonyl (C=O) groups is 1. The molecule has 94 valence electrons. The number of alkyl halides is 3. The highest BCUT2D eigenvalue weighted by Crippen LogP contribution is 2.38. The molecule has 0 aromatic carbocycles. The van der Waals surface area contributed by atoms with E-state index in [9.17, 15) is 4.79 Å². The highest BCUT2D eigenvalue weighted by Gasteiger charge is 2.48. The number of nitrogens with zero attached hydrogens (tertiary/aromatic N) is 2. The van der Waals surface area contributed by atoms with Crippen LogP contribution < -0.4 is 0 Å². The van der Waals surface area contributed by atoms with Crippen molar-refractivity contribution >= 4 is 40.7 Å². The summed E-state index contributed by atoms with van der Waals surface area (Å²) in [6.45, 7) is 2.83. The number of rotatable bonds is 3. The van der Waals surface area contributed by atoms with Crippen LogP contribution in [0.2, 0.25) is 0 Å². The van der Waals surface area contributed by atoms with Crippen molar-refractivity contribution in [3.8, 4) is 0 Å². The topological polar surface area (TPSA) is 32.8 Å². The molecule has 2 atom stereocenters. The first-order valence-electron chi connectivity index (χ1n) is 4.91. The van der Waals surface area contributed by atoms with E-state index in [1.54, 1.807) is 6.92 Å². The average molecular weight is 290 g/mol. The van der Waals surface area contributed by atoms with Gasteiger partial charge in [-0.05, 0) is 21.0 Å². The molecule has 16 heavy (non-hydrogen) atoms. The van der Waals surface area contributed by atoms with Gasteiger partial charge >= 0.3 is 0 Å². The van der Waals surface area contributed by atoms with Crippen LogP contribution in [0, 0.1) is 0 Å². The van der Waals surface area contributed by atoms with E-state index in [1.165, 1.54) is 4.90 Å².